The molecule has 0 radical (unpaired) electrons. The van der Waals surface area contributed by atoms with Gasteiger partial charge in [-0.2, -0.15) is 0 Å². The Labute approximate surface area is 154 Å². The number of sulfone groups is 1. The molecule has 1 amide bonds. The monoisotopic (exact) mass is 377 g/mol. The van der Waals surface area contributed by atoms with E-state index in [4.69, 9.17) is 0 Å². The van der Waals surface area contributed by atoms with E-state index in [0.29, 0.717) is 11.3 Å². The average molecular weight is 377 g/mol. The van der Waals surface area contributed by atoms with Crippen LogP contribution in [0.25, 0.3) is 0 Å². The summed E-state index contributed by atoms with van der Waals surface area (Å²) in [7, 11) is -3.48. The Kier molecular flexibility index (Phi) is 6.18. The zero-order chi connectivity index (χ0) is 19.5. The summed E-state index contributed by atoms with van der Waals surface area (Å²) in [5.41, 5.74) is 1.11. The lowest BCUT2D eigenvalue weighted by Crippen LogP contribution is -2.19. The van der Waals surface area contributed by atoms with Gasteiger partial charge in [0.2, 0.25) is 0 Å². The average Bonchev–Trinajstić information content (AvgIpc) is 2.58. The molecule has 2 aromatic carbocycles. The van der Waals surface area contributed by atoms with Crippen LogP contribution in [0.3, 0.4) is 0 Å². The van der Waals surface area contributed by atoms with E-state index in [1.54, 1.807) is 19.1 Å². The van der Waals surface area contributed by atoms with Crippen molar-refractivity contribution in [3.63, 3.8) is 0 Å². The van der Waals surface area contributed by atoms with Crippen LogP contribution in [0.5, 0.6) is 0 Å². The molecule has 26 heavy (non-hydrogen) atoms. The van der Waals surface area contributed by atoms with E-state index >= 15 is 0 Å². The maximum atomic E-state index is 13.3. The van der Waals surface area contributed by atoms with Crippen LogP contribution in [-0.2, 0) is 9.84 Å². The number of hydrogen-bond donors (Lipinski definition) is 1. The molecule has 2 aromatic rings. The van der Waals surface area contributed by atoms with Crippen molar-refractivity contribution in [2.75, 3.05) is 11.1 Å². The lowest BCUT2D eigenvalue weighted by molar-refractivity contribution is 0.102. The smallest absolute Gasteiger partial charge is 0.255 e. The Hall–Kier alpha value is -2.21. The standard InChI is InChI=1S/C20H24FNO3S/c1-13(2)15(4)12-26(24,25)18-7-5-6-16(11-18)20(23)22-17-8-9-19(21)14(3)10-17/h5-11,13,15H,12H2,1-4H3,(H,22,23)/t15-/m1/s1. The van der Waals surface area contributed by atoms with Crippen LogP contribution in [0.2, 0.25) is 0 Å². The Morgan fingerprint density at radius 3 is 2.42 bits per heavy atom. The van der Waals surface area contributed by atoms with Crippen molar-refractivity contribution < 1.29 is 17.6 Å². The van der Waals surface area contributed by atoms with Crippen molar-refractivity contribution in [3.05, 3.63) is 59.4 Å². The summed E-state index contributed by atoms with van der Waals surface area (Å²) < 4.78 is 38.5. The summed E-state index contributed by atoms with van der Waals surface area (Å²) in [6.45, 7) is 7.47. The van der Waals surface area contributed by atoms with Gasteiger partial charge in [-0.3, -0.25) is 4.79 Å². The number of anilines is 1. The van der Waals surface area contributed by atoms with Crippen LogP contribution in [-0.4, -0.2) is 20.1 Å². The van der Waals surface area contributed by atoms with Crippen LogP contribution in [0, 0.1) is 24.6 Å². The van der Waals surface area contributed by atoms with E-state index in [0.717, 1.165) is 0 Å². The second-order valence-electron chi connectivity index (χ2n) is 6.95. The van der Waals surface area contributed by atoms with Gasteiger partial charge in [0.1, 0.15) is 5.82 Å². The van der Waals surface area contributed by atoms with Crippen LogP contribution >= 0.6 is 0 Å². The molecule has 1 atom stereocenters. The largest absolute Gasteiger partial charge is 0.322 e. The number of halogens is 1. The van der Waals surface area contributed by atoms with Crippen molar-refractivity contribution in [2.45, 2.75) is 32.6 Å². The van der Waals surface area contributed by atoms with Crippen LogP contribution in [0.15, 0.2) is 47.4 Å². The lowest BCUT2D eigenvalue weighted by atomic mass is 10.0. The van der Waals surface area contributed by atoms with E-state index in [1.807, 2.05) is 20.8 Å². The molecule has 0 heterocycles. The quantitative estimate of drug-likeness (QED) is 0.809. The second kappa shape index (κ2) is 7.99. The van der Waals surface area contributed by atoms with E-state index in [9.17, 15) is 17.6 Å². The van der Waals surface area contributed by atoms with E-state index in [2.05, 4.69) is 5.32 Å². The number of rotatable bonds is 6. The first-order valence-corrected chi connectivity index (χ1v) is 10.2. The fourth-order valence-electron chi connectivity index (χ4n) is 2.39. The van der Waals surface area contributed by atoms with Gasteiger partial charge < -0.3 is 5.32 Å². The molecule has 0 aliphatic heterocycles. The molecule has 0 bridgehead atoms. The molecule has 140 valence electrons. The minimum absolute atomic E-state index is 0.0136. The zero-order valence-corrected chi connectivity index (χ0v) is 16.2. The van der Waals surface area contributed by atoms with Crippen molar-refractivity contribution in [2.24, 2.45) is 11.8 Å². The SMILES string of the molecule is Cc1cc(NC(=O)c2cccc(S(=O)(=O)C[C@@H](C)C(C)C)c2)ccc1F. The minimum Gasteiger partial charge on any atom is -0.322 e. The van der Waals surface area contributed by atoms with Gasteiger partial charge >= 0.3 is 0 Å². The van der Waals surface area contributed by atoms with Crippen molar-refractivity contribution >= 4 is 21.4 Å². The van der Waals surface area contributed by atoms with E-state index in [1.165, 1.54) is 30.3 Å². The number of amides is 1. The van der Waals surface area contributed by atoms with Gasteiger partial charge in [-0.1, -0.05) is 26.8 Å². The van der Waals surface area contributed by atoms with Gasteiger partial charge in [-0.05, 0) is 60.7 Å². The first kappa shape index (κ1) is 20.1. The van der Waals surface area contributed by atoms with Gasteiger partial charge in [-0.25, -0.2) is 12.8 Å². The molecular weight excluding hydrogens is 353 g/mol. The molecule has 0 spiro atoms. The third-order valence-corrected chi connectivity index (χ3v) is 6.43. The summed E-state index contributed by atoms with van der Waals surface area (Å²) in [6.07, 6.45) is 0. The molecule has 0 saturated carbocycles. The number of nitrogens with one attached hydrogen (secondary N) is 1. The van der Waals surface area contributed by atoms with Crippen molar-refractivity contribution in [1.29, 1.82) is 0 Å². The highest BCUT2D eigenvalue weighted by Gasteiger charge is 2.21. The first-order chi connectivity index (χ1) is 12.1. The highest BCUT2D eigenvalue weighted by Crippen LogP contribution is 2.21. The number of benzene rings is 2. The third-order valence-electron chi connectivity index (χ3n) is 4.49. The fourth-order valence-corrected chi connectivity index (χ4v) is 4.25. The number of carbonyl (C=O) groups excluding carboxylic acids is 1. The van der Waals surface area contributed by atoms with Crippen LogP contribution < -0.4 is 5.32 Å². The van der Waals surface area contributed by atoms with Gasteiger partial charge in [0.05, 0.1) is 10.6 Å². The molecule has 0 fully saturated rings. The normalized spacial score (nSPS) is 12.8. The molecule has 0 aliphatic carbocycles. The third kappa shape index (κ3) is 4.91. The van der Waals surface area contributed by atoms with E-state index in [-0.39, 0.29) is 33.9 Å². The number of carbonyl (C=O) groups is 1. The second-order valence-corrected chi connectivity index (χ2v) is 8.98. The summed E-state index contributed by atoms with van der Waals surface area (Å²) in [4.78, 5) is 12.6. The predicted octanol–water partition coefficient (Wildman–Crippen LogP) is 4.45. The molecule has 0 unspecified atom stereocenters. The maximum absolute atomic E-state index is 13.3. The molecule has 0 aromatic heterocycles. The topological polar surface area (TPSA) is 63.2 Å². The van der Waals surface area contributed by atoms with Crippen molar-refractivity contribution in [1.82, 2.24) is 0 Å². The fraction of sp³-hybridized carbons (Fsp3) is 0.350. The molecule has 4 nitrogen and oxygen atoms in total. The Morgan fingerprint density at radius 2 is 1.81 bits per heavy atom. The highest BCUT2D eigenvalue weighted by molar-refractivity contribution is 7.91. The minimum atomic E-state index is -3.48. The number of hydrogen-bond acceptors (Lipinski definition) is 3. The summed E-state index contributed by atoms with van der Waals surface area (Å²) >= 11 is 0. The number of aryl methyl sites for hydroxylation is 1. The Morgan fingerprint density at radius 1 is 1.12 bits per heavy atom. The first-order valence-electron chi connectivity index (χ1n) is 8.50. The van der Waals surface area contributed by atoms with E-state index < -0.39 is 15.7 Å². The Balaban J connectivity index is 2.22. The molecule has 0 saturated heterocycles. The van der Waals surface area contributed by atoms with Crippen LogP contribution in [0.4, 0.5) is 10.1 Å². The summed E-state index contributed by atoms with van der Waals surface area (Å²) in [5.74, 6) is -0.495. The lowest BCUT2D eigenvalue weighted by Gasteiger charge is -2.16. The Bertz CT molecular complexity index is 907. The van der Waals surface area contributed by atoms with Crippen LogP contribution in [0.1, 0.15) is 36.7 Å². The summed E-state index contributed by atoms with van der Waals surface area (Å²) in [6, 6.07) is 10.3. The maximum Gasteiger partial charge on any atom is 0.255 e. The van der Waals surface area contributed by atoms with Gasteiger partial charge in [-0.15, -0.1) is 0 Å². The highest BCUT2D eigenvalue weighted by atomic mass is 32.2. The van der Waals surface area contributed by atoms with Gasteiger partial charge in [0.25, 0.3) is 5.91 Å². The summed E-state index contributed by atoms with van der Waals surface area (Å²) in [5, 5.41) is 2.66. The molecule has 1 N–H and O–H groups in total. The predicted molar refractivity (Wildman–Crippen MR) is 102 cm³/mol. The molecule has 6 heteroatoms. The molecule has 0 aliphatic rings. The van der Waals surface area contributed by atoms with Gasteiger partial charge in [0, 0.05) is 11.3 Å². The zero-order valence-electron chi connectivity index (χ0n) is 15.4. The van der Waals surface area contributed by atoms with Crippen molar-refractivity contribution in [3.8, 4) is 0 Å². The molecule has 2 rings (SSSR count). The molecular formula is C20H24FNO3S. The van der Waals surface area contributed by atoms with Gasteiger partial charge in [0.15, 0.2) is 9.84 Å².